The Kier molecular flexibility index (Phi) is 6.83. The van der Waals surface area contributed by atoms with Gasteiger partial charge < -0.3 is 19.1 Å². The number of aromatic nitrogens is 1. The van der Waals surface area contributed by atoms with Gasteiger partial charge in [0.1, 0.15) is 18.1 Å². The molecule has 0 unspecified atom stereocenters. The lowest BCUT2D eigenvalue weighted by Gasteiger charge is -2.17. The molecule has 6 nitrogen and oxygen atoms in total. The van der Waals surface area contributed by atoms with Gasteiger partial charge in [-0.3, -0.25) is 0 Å². The van der Waals surface area contributed by atoms with Crippen LogP contribution >= 0.6 is 0 Å². The van der Waals surface area contributed by atoms with Crippen molar-refractivity contribution in [2.75, 3.05) is 21.3 Å². The van der Waals surface area contributed by atoms with Crippen molar-refractivity contribution in [1.82, 2.24) is 9.88 Å². The van der Waals surface area contributed by atoms with Crippen LogP contribution < -0.4 is 14.2 Å². The molecule has 0 N–H and O–H groups in total. The average molecular weight is 357 g/mol. The number of aryl methyl sites for hydroxylation is 1. The molecule has 0 atom stereocenters. The maximum atomic E-state index is 5.81. The zero-order chi connectivity index (χ0) is 19.1. The number of hydrogen-bond acceptors (Lipinski definition) is 5. The van der Waals surface area contributed by atoms with Crippen LogP contribution in [0.4, 0.5) is 5.69 Å². The molecule has 0 aliphatic rings. The molecule has 6 heteroatoms. The third kappa shape index (κ3) is 5.37. The predicted molar refractivity (Wildman–Crippen MR) is 104 cm³/mol. The number of hydrogen-bond donors (Lipinski definition) is 0. The van der Waals surface area contributed by atoms with Gasteiger partial charge in [0.15, 0.2) is 0 Å². The first-order valence-electron chi connectivity index (χ1n) is 8.51. The van der Waals surface area contributed by atoms with E-state index in [1.807, 2.05) is 55.5 Å². The Morgan fingerprint density at radius 2 is 1.77 bits per heavy atom. The van der Waals surface area contributed by atoms with E-state index in [2.05, 4.69) is 23.8 Å². The van der Waals surface area contributed by atoms with Crippen LogP contribution in [0.25, 0.3) is 0 Å². The summed E-state index contributed by atoms with van der Waals surface area (Å²) in [4.78, 5) is 11.0. The van der Waals surface area contributed by atoms with Crippen LogP contribution in [0.15, 0.2) is 35.3 Å². The van der Waals surface area contributed by atoms with Gasteiger partial charge in [0.25, 0.3) is 0 Å². The maximum Gasteiger partial charge on any atom is 0.213 e. The van der Waals surface area contributed by atoms with E-state index in [1.165, 1.54) is 0 Å². The molecule has 0 saturated heterocycles. The first kappa shape index (κ1) is 19.6. The summed E-state index contributed by atoms with van der Waals surface area (Å²) in [5.41, 5.74) is 2.59. The van der Waals surface area contributed by atoms with Crippen molar-refractivity contribution in [2.45, 2.75) is 33.4 Å². The second-order valence-electron chi connectivity index (χ2n) is 6.27. The maximum absolute atomic E-state index is 5.81. The van der Waals surface area contributed by atoms with Crippen LogP contribution in [0.1, 0.15) is 25.1 Å². The Morgan fingerprint density at radius 3 is 2.31 bits per heavy atom. The predicted octanol–water partition coefficient (Wildman–Crippen LogP) is 3.99. The number of methoxy groups -OCH3 is 2. The Labute approximate surface area is 155 Å². The van der Waals surface area contributed by atoms with Gasteiger partial charge in [-0.1, -0.05) is 0 Å². The standard InChI is InChI=1S/C20H27N3O3/c1-14(2)23(4)13-21-19-7-8-20(22-15(19)3)26-12-16-9-17(24-5)11-18(10-16)25-6/h7-11,13-14H,12H2,1-6H3/b21-13+. The van der Waals surface area contributed by atoms with Gasteiger partial charge in [0.05, 0.1) is 31.9 Å². The summed E-state index contributed by atoms with van der Waals surface area (Å²) in [6.45, 7) is 6.52. The molecule has 2 aromatic rings. The number of pyridine rings is 1. The Hall–Kier alpha value is -2.76. The Bertz CT molecular complexity index is 738. The highest BCUT2D eigenvalue weighted by Gasteiger charge is 2.06. The third-order valence-corrected chi connectivity index (χ3v) is 4.02. The van der Waals surface area contributed by atoms with Crippen molar-refractivity contribution in [3.63, 3.8) is 0 Å². The van der Waals surface area contributed by atoms with Crippen LogP contribution in [0.2, 0.25) is 0 Å². The third-order valence-electron chi connectivity index (χ3n) is 4.02. The minimum atomic E-state index is 0.374. The molecule has 0 spiro atoms. The number of rotatable bonds is 8. The van der Waals surface area contributed by atoms with Gasteiger partial charge in [0, 0.05) is 25.2 Å². The van der Waals surface area contributed by atoms with E-state index in [0.717, 1.165) is 28.4 Å². The van der Waals surface area contributed by atoms with Gasteiger partial charge in [-0.25, -0.2) is 9.98 Å². The zero-order valence-corrected chi connectivity index (χ0v) is 16.3. The Balaban J connectivity index is 2.06. The lowest BCUT2D eigenvalue weighted by Crippen LogP contribution is -2.24. The first-order chi connectivity index (χ1) is 12.4. The molecule has 26 heavy (non-hydrogen) atoms. The molecular weight excluding hydrogens is 330 g/mol. The molecule has 0 aliphatic heterocycles. The van der Waals surface area contributed by atoms with E-state index < -0.39 is 0 Å². The first-order valence-corrected chi connectivity index (χ1v) is 8.51. The highest BCUT2D eigenvalue weighted by Crippen LogP contribution is 2.24. The number of ether oxygens (including phenoxy) is 3. The lowest BCUT2D eigenvalue weighted by atomic mass is 10.2. The minimum Gasteiger partial charge on any atom is -0.497 e. The fourth-order valence-corrected chi connectivity index (χ4v) is 2.14. The van der Waals surface area contributed by atoms with Gasteiger partial charge in [0.2, 0.25) is 5.88 Å². The van der Waals surface area contributed by atoms with Gasteiger partial charge in [-0.05, 0) is 44.5 Å². The van der Waals surface area contributed by atoms with E-state index in [4.69, 9.17) is 14.2 Å². The van der Waals surface area contributed by atoms with Crippen molar-refractivity contribution in [3.05, 3.63) is 41.6 Å². The molecule has 2 rings (SSSR count). The fourth-order valence-electron chi connectivity index (χ4n) is 2.14. The highest BCUT2D eigenvalue weighted by molar-refractivity contribution is 5.62. The van der Waals surface area contributed by atoms with E-state index >= 15 is 0 Å². The molecule has 0 saturated carbocycles. The molecule has 0 radical (unpaired) electrons. The molecule has 0 aliphatic carbocycles. The largest absolute Gasteiger partial charge is 0.497 e. The smallest absolute Gasteiger partial charge is 0.213 e. The molecule has 1 aromatic carbocycles. The zero-order valence-electron chi connectivity index (χ0n) is 16.3. The van der Waals surface area contributed by atoms with E-state index in [9.17, 15) is 0 Å². The highest BCUT2D eigenvalue weighted by atomic mass is 16.5. The van der Waals surface area contributed by atoms with Crippen LogP contribution in [-0.2, 0) is 6.61 Å². The van der Waals surface area contributed by atoms with E-state index in [0.29, 0.717) is 18.5 Å². The van der Waals surface area contributed by atoms with Crippen molar-refractivity contribution in [2.24, 2.45) is 4.99 Å². The summed E-state index contributed by atoms with van der Waals surface area (Å²) in [5.74, 6) is 2.01. The monoisotopic (exact) mass is 357 g/mol. The molecular formula is C20H27N3O3. The van der Waals surface area contributed by atoms with Crippen molar-refractivity contribution in [3.8, 4) is 17.4 Å². The van der Waals surface area contributed by atoms with Crippen molar-refractivity contribution in [1.29, 1.82) is 0 Å². The lowest BCUT2D eigenvalue weighted by molar-refractivity contribution is 0.291. The average Bonchev–Trinajstić information content (AvgIpc) is 2.64. The molecule has 140 valence electrons. The summed E-state index contributed by atoms with van der Waals surface area (Å²) in [6.07, 6.45) is 1.82. The van der Waals surface area contributed by atoms with Crippen molar-refractivity contribution >= 4 is 12.0 Å². The second-order valence-corrected chi connectivity index (χ2v) is 6.27. The quantitative estimate of drug-likeness (QED) is 0.528. The summed E-state index contributed by atoms with van der Waals surface area (Å²) >= 11 is 0. The molecule has 1 heterocycles. The molecule has 0 amide bonds. The minimum absolute atomic E-state index is 0.374. The second kappa shape index (κ2) is 9.08. The van der Waals surface area contributed by atoms with Crippen LogP contribution in [0, 0.1) is 6.92 Å². The van der Waals surface area contributed by atoms with E-state index in [1.54, 1.807) is 14.2 Å². The molecule has 0 bridgehead atoms. The van der Waals surface area contributed by atoms with Gasteiger partial charge in [-0.2, -0.15) is 0 Å². The summed E-state index contributed by atoms with van der Waals surface area (Å²) < 4.78 is 16.4. The van der Waals surface area contributed by atoms with Crippen molar-refractivity contribution < 1.29 is 14.2 Å². The van der Waals surface area contributed by atoms with Crippen LogP contribution in [0.3, 0.4) is 0 Å². The summed E-state index contributed by atoms with van der Waals surface area (Å²) in [6, 6.07) is 9.79. The normalized spacial score (nSPS) is 11.0. The van der Waals surface area contributed by atoms with E-state index in [-0.39, 0.29) is 0 Å². The number of aliphatic imine (C=N–C) groups is 1. The summed E-state index contributed by atoms with van der Waals surface area (Å²) in [5, 5.41) is 0. The van der Waals surface area contributed by atoms with Crippen LogP contribution in [-0.4, -0.2) is 43.5 Å². The number of benzene rings is 1. The SMILES string of the molecule is COc1cc(COc2ccc(/N=C/N(C)C(C)C)c(C)n2)cc(OC)c1. The Morgan fingerprint density at radius 1 is 1.12 bits per heavy atom. The fraction of sp³-hybridized carbons (Fsp3) is 0.400. The topological polar surface area (TPSA) is 56.2 Å². The summed E-state index contributed by atoms with van der Waals surface area (Å²) in [7, 11) is 5.25. The molecule has 0 fully saturated rings. The molecule has 1 aromatic heterocycles. The van der Waals surface area contributed by atoms with Gasteiger partial charge in [-0.15, -0.1) is 0 Å². The number of nitrogens with zero attached hydrogens (tertiary/aromatic N) is 3. The van der Waals surface area contributed by atoms with Gasteiger partial charge >= 0.3 is 0 Å². The van der Waals surface area contributed by atoms with Crippen LogP contribution in [0.5, 0.6) is 17.4 Å².